The van der Waals surface area contributed by atoms with E-state index in [4.69, 9.17) is 16.0 Å². The van der Waals surface area contributed by atoms with Gasteiger partial charge in [-0.1, -0.05) is 17.7 Å². The molecule has 1 unspecified atom stereocenters. The van der Waals surface area contributed by atoms with Gasteiger partial charge >= 0.3 is 0 Å². The minimum absolute atomic E-state index is 0.0624. The van der Waals surface area contributed by atoms with Crippen molar-refractivity contribution in [3.05, 3.63) is 83.0 Å². The lowest BCUT2D eigenvalue weighted by Crippen LogP contribution is -2.10. The fourth-order valence-corrected chi connectivity index (χ4v) is 3.28. The fourth-order valence-electron chi connectivity index (χ4n) is 2.14. The van der Waals surface area contributed by atoms with Crippen molar-refractivity contribution in [2.45, 2.75) is 10.6 Å². The lowest BCUT2D eigenvalue weighted by molar-refractivity contribution is 0.0995. The molecule has 2 aromatic carbocycles. The summed E-state index contributed by atoms with van der Waals surface area (Å²) in [6.07, 6.45) is 0. The molecule has 7 heteroatoms. The quantitative estimate of drug-likeness (QED) is 0.705. The van der Waals surface area contributed by atoms with Crippen LogP contribution in [0.3, 0.4) is 0 Å². The first kappa shape index (κ1) is 17.4. The molecule has 1 atom stereocenters. The number of nitrogens with one attached hydrogen (secondary N) is 1. The molecule has 0 saturated carbocycles. The topological polar surface area (TPSA) is 59.3 Å². The Morgan fingerprint density at radius 3 is 2.60 bits per heavy atom. The van der Waals surface area contributed by atoms with Gasteiger partial charge in [-0.15, -0.1) is 0 Å². The van der Waals surface area contributed by atoms with Gasteiger partial charge in [0, 0.05) is 15.6 Å². The van der Waals surface area contributed by atoms with Gasteiger partial charge in [0.2, 0.25) is 0 Å². The van der Waals surface area contributed by atoms with Crippen LogP contribution in [0, 0.1) is 5.82 Å². The Bertz CT molecular complexity index is 924. The summed E-state index contributed by atoms with van der Waals surface area (Å²) in [5.41, 5.74) is 0.327. The van der Waals surface area contributed by atoms with Crippen molar-refractivity contribution in [1.29, 1.82) is 0 Å². The molecule has 0 aliphatic carbocycles. The van der Waals surface area contributed by atoms with Gasteiger partial charge in [0.15, 0.2) is 5.76 Å². The first-order valence-corrected chi connectivity index (χ1v) is 9.00. The Morgan fingerprint density at radius 2 is 1.88 bits per heavy atom. The Morgan fingerprint density at radius 1 is 1.12 bits per heavy atom. The zero-order chi connectivity index (χ0) is 17.8. The molecule has 3 aromatic rings. The highest BCUT2D eigenvalue weighted by atomic mass is 35.5. The molecule has 1 N–H and O–H groups in total. The van der Waals surface area contributed by atoms with Crippen LogP contribution in [0.1, 0.15) is 16.3 Å². The largest absolute Gasteiger partial charge is 0.455 e. The Labute approximate surface area is 151 Å². The first-order valence-electron chi connectivity index (χ1n) is 7.31. The number of anilines is 1. The number of carbonyl (C=O) groups excluding carboxylic acids is 1. The van der Waals surface area contributed by atoms with Crippen molar-refractivity contribution in [1.82, 2.24) is 0 Å². The van der Waals surface area contributed by atoms with E-state index in [1.807, 2.05) is 0 Å². The van der Waals surface area contributed by atoms with Gasteiger partial charge in [0.25, 0.3) is 5.91 Å². The van der Waals surface area contributed by atoms with Crippen LogP contribution in [0.15, 0.2) is 70.0 Å². The van der Waals surface area contributed by atoms with Gasteiger partial charge in [-0.25, -0.2) is 4.39 Å². The first-order chi connectivity index (χ1) is 12.0. The van der Waals surface area contributed by atoms with Crippen molar-refractivity contribution in [2.24, 2.45) is 0 Å². The number of hydrogen-bond donors (Lipinski definition) is 1. The van der Waals surface area contributed by atoms with E-state index in [0.29, 0.717) is 21.4 Å². The summed E-state index contributed by atoms with van der Waals surface area (Å²) in [7, 11) is -1.32. The second-order valence-electron chi connectivity index (χ2n) is 5.17. The molecular weight excluding hydrogens is 365 g/mol. The van der Waals surface area contributed by atoms with E-state index in [2.05, 4.69) is 5.32 Å². The van der Waals surface area contributed by atoms with Crippen LogP contribution < -0.4 is 5.32 Å². The van der Waals surface area contributed by atoms with Crippen LogP contribution in [-0.2, 0) is 16.6 Å². The highest BCUT2D eigenvalue weighted by molar-refractivity contribution is 7.84. The summed E-state index contributed by atoms with van der Waals surface area (Å²) < 4.78 is 30.9. The second-order valence-corrected chi connectivity index (χ2v) is 7.06. The number of amides is 1. The van der Waals surface area contributed by atoms with Crippen molar-refractivity contribution in [2.75, 3.05) is 5.32 Å². The second kappa shape index (κ2) is 7.63. The monoisotopic (exact) mass is 377 g/mol. The van der Waals surface area contributed by atoms with Gasteiger partial charge in [-0.05, 0) is 54.6 Å². The van der Waals surface area contributed by atoms with Gasteiger partial charge in [-0.2, -0.15) is 0 Å². The van der Waals surface area contributed by atoms with Crippen molar-refractivity contribution >= 4 is 34.0 Å². The molecule has 0 radical (unpaired) electrons. The average molecular weight is 378 g/mol. The van der Waals surface area contributed by atoms with Crippen LogP contribution >= 0.6 is 11.6 Å². The van der Waals surface area contributed by atoms with Crippen LogP contribution in [0.25, 0.3) is 0 Å². The maximum absolute atomic E-state index is 13.1. The highest BCUT2D eigenvalue weighted by Gasteiger charge is 2.14. The van der Waals surface area contributed by atoms with E-state index in [1.165, 1.54) is 24.3 Å². The molecule has 0 bridgehead atoms. The standard InChI is InChI=1S/C18H13ClFNO3S/c19-12-4-7-16(8-5-12)25(23)11-15-6-9-17(24-15)18(22)21-14-3-1-2-13(20)10-14/h1-10H,11H2,(H,21,22). The Kier molecular flexibility index (Phi) is 5.31. The van der Waals surface area contributed by atoms with Crippen LogP contribution in [-0.4, -0.2) is 10.1 Å². The van der Waals surface area contributed by atoms with Crippen molar-refractivity contribution in [3.63, 3.8) is 0 Å². The predicted octanol–water partition coefficient (Wildman–Crippen LogP) is 4.63. The molecule has 0 saturated heterocycles. The fraction of sp³-hybridized carbons (Fsp3) is 0.0556. The summed E-state index contributed by atoms with van der Waals surface area (Å²) in [6.45, 7) is 0. The van der Waals surface area contributed by atoms with E-state index in [0.717, 1.165) is 0 Å². The van der Waals surface area contributed by atoms with Gasteiger partial charge in [0.05, 0.1) is 16.6 Å². The van der Waals surface area contributed by atoms with E-state index >= 15 is 0 Å². The number of furan rings is 1. The molecule has 3 rings (SSSR count). The maximum atomic E-state index is 13.1. The summed E-state index contributed by atoms with van der Waals surface area (Å²) in [6, 6.07) is 15.3. The Hall–Kier alpha value is -2.44. The van der Waals surface area contributed by atoms with Crippen molar-refractivity contribution in [3.8, 4) is 0 Å². The summed E-state index contributed by atoms with van der Waals surface area (Å²) in [5.74, 6) is -0.343. The molecular formula is C18H13ClFNO3S. The zero-order valence-electron chi connectivity index (χ0n) is 12.9. The number of halogens is 2. The van der Waals surface area contributed by atoms with Gasteiger partial charge in [0.1, 0.15) is 11.6 Å². The normalized spacial score (nSPS) is 11.9. The summed E-state index contributed by atoms with van der Waals surface area (Å²) in [4.78, 5) is 12.7. The molecule has 1 aromatic heterocycles. The molecule has 0 fully saturated rings. The van der Waals surface area contributed by atoms with E-state index < -0.39 is 22.5 Å². The van der Waals surface area contributed by atoms with Crippen molar-refractivity contribution < 1.29 is 17.8 Å². The van der Waals surface area contributed by atoms with Crippen LogP contribution in [0.4, 0.5) is 10.1 Å². The van der Waals surface area contributed by atoms with E-state index in [9.17, 15) is 13.4 Å². The molecule has 1 amide bonds. The third-order valence-electron chi connectivity index (χ3n) is 3.32. The van der Waals surface area contributed by atoms with Gasteiger partial charge in [-0.3, -0.25) is 9.00 Å². The molecule has 0 aliphatic heterocycles. The highest BCUT2D eigenvalue weighted by Crippen LogP contribution is 2.18. The predicted molar refractivity (Wildman–Crippen MR) is 94.6 cm³/mol. The molecule has 0 aliphatic rings. The van der Waals surface area contributed by atoms with E-state index in [-0.39, 0.29) is 11.5 Å². The van der Waals surface area contributed by atoms with Crippen LogP contribution in [0.2, 0.25) is 5.02 Å². The number of hydrogen-bond acceptors (Lipinski definition) is 3. The van der Waals surface area contributed by atoms with Gasteiger partial charge < -0.3 is 9.73 Å². The molecule has 25 heavy (non-hydrogen) atoms. The zero-order valence-corrected chi connectivity index (χ0v) is 14.4. The minimum atomic E-state index is -1.32. The smallest absolute Gasteiger partial charge is 0.291 e. The third-order valence-corrected chi connectivity index (χ3v) is 4.91. The lowest BCUT2D eigenvalue weighted by Gasteiger charge is -2.03. The SMILES string of the molecule is O=C(Nc1cccc(F)c1)c1ccc(CS(=O)c2ccc(Cl)cc2)o1. The molecule has 0 spiro atoms. The molecule has 128 valence electrons. The van der Waals surface area contributed by atoms with Crippen LogP contribution in [0.5, 0.6) is 0 Å². The minimum Gasteiger partial charge on any atom is -0.455 e. The summed E-state index contributed by atoms with van der Waals surface area (Å²) in [5, 5.41) is 3.11. The Balaban J connectivity index is 1.66. The maximum Gasteiger partial charge on any atom is 0.291 e. The lowest BCUT2D eigenvalue weighted by atomic mass is 10.3. The summed E-state index contributed by atoms with van der Waals surface area (Å²) >= 11 is 5.81. The third kappa shape index (κ3) is 4.55. The molecule has 4 nitrogen and oxygen atoms in total. The average Bonchev–Trinajstić information content (AvgIpc) is 3.04. The van der Waals surface area contributed by atoms with E-state index in [1.54, 1.807) is 36.4 Å². The number of benzene rings is 2. The molecule has 1 heterocycles. The number of rotatable bonds is 5. The number of carbonyl (C=O) groups is 1.